The van der Waals surface area contributed by atoms with Crippen molar-refractivity contribution in [3.8, 4) is 5.82 Å². The topological polar surface area (TPSA) is 68.5 Å². The molecule has 0 unspecified atom stereocenters. The van der Waals surface area contributed by atoms with Gasteiger partial charge in [0.15, 0.2) is 5.82 Å². The predicted molar refractivity (Wildman–Crippen MR) is 71.8 cm³/mol. The Balaban J connectivity index is 1.93. The normalized spacial score (nSPS) is 11.0. The van der Waals surface area contributed by atoms with Crippen LogP contribution in [0.1, 0.15) is 12.6 Å². The van der Waals surface area contributed by atoms with Gasteiger partial charge in [-0.1, -0.05) is 24.3 Å². The Bertz CT molecular complexity index is 673. The highest BCUT2D eigenvalue weighted by Gasteiger charge is 2.07. The summed E-state index contributed by atoms with van der Waals surface area (Å²) in [6, 6.07) is 7.77. The average Bonchev–Trinajstić information content (AvgIpc) is 2.90. The molecule has 0 atom stereocenters. The van der Waals surface area contributed by atoms with Crippen molar-refractivity contribution < 1.29 is 0 Å². The monoisotopic (exact) mass is 254 g/mol. The zero-order valence-corrected chi connectivity index (χ0v) is 10.6. The molecule has 6 heteroatoms. The van der Waals surface area contributed by atoms with E-state index in [4.69, 9.17) is 0 Å². The van der Waals surface area contributed by atoms with Gasteiger partial charge in [0.1, 0.15) is 5.52 Å². The molecule has 2 aromatic heterocycles. The fourth-order valence-electron chi connectivity index (χ4n) is 1.84. The fourth-order valence-corrected chi connectivity index (χ4v) is 1.84. The Labute approximate surface area is 110 Å². The van der Waals surface area contributed by atoms with Gasteiger partial charge in [-0.3, -0.25) is 4.98 Å². The molecule has 0 aliphatic rings. The summed E-state index contributed by atoms with van der Waals surface area (Å²) in [5, 5.41) is 11.4. The third kappa shape index (κ3) is 2.30. The lowest BCUT2D eigenvalue weighted by molar-refractivity contribution is 0.702. The molecule has 0 radical (unpaired) electrons. The van der Waals surface area contributed by atoms with E-state index in [1.165, 1.54) is 0 Å². The molecular weight excluding hydrogens is 240 g/mol. The molecule has 0 amide bonds. The second-order valence-electron chi connectivity index (χ2n) is 4.14. The van der Waals surface area contributed by atoms with Crippen molar-refractivity contribution in [2.45, 2.75) is 13.5 Å². The summed E-state index contributed by atoms with van der Waals surface area (Å²) in [7, 11) is 0. The third-order valence-corrected chi connectivity index (χ3v) is 2.82. The second kappa shape index (κ2) is 5.11. The number of hydrogen-bond donors (Lipinski definition) is 1. The van der Waals surface area contributed by atoms with E-state index in [9.17, 15) is 0 Å². The number of hydrogen-bond acceptors (Lipinski definition) is 5. The molecule has 19 heavy (non-hydrogen) atoms. The fraction of sp³-hybridized carbons (Fsp3) is 0.231. The first-order chi connectivity index (χ1) is 9.38. The van der Waals surface area contributed by atoms with E-state index < -0.39 is 0 Å². The summed E-state index contributed by atoms with van der Waals surface area (Å²) in [6.45, 7) is 3.70. The van der Waals surface area contributed by atoms with Crippen molar-refractivity contribution in [3.05, 3.63) is 42.4 Å². The van der Waals surface area contributed by atoms with Gasteiger partial charge in [-0.2, -0.15) is 4.68 Å². The Morgan fingerprint density at radius 3 is 2.84 bits per heavy atom. The molecule has 0 aliphatic heterocycles. The predicted octanol–water partition coefficient (Wildman–Crippen LogP) is 1.32. The minimum Gasteiger partial charge on any atom is -0.311 e. The van der Waals surface area contributed by atoms with Gasteiger partial charge in [-0.15, -0.1) is 5.10 Å². The van der Waals surface area contributed by atoms with Crippen molar-refractivity contribution in [2.24, 2.45) is 0 Å². The Morgan fingerprint density at radius 2 is 2.05 bits per heavy atom. The molecular formula is C13H14N6. The van der Waals surface area contributed by atoms with Crippen LogP contribution in [0.25, 0.3) is 16.9 Å². The highest BCUT2D eigenvalue weighted by Crippen LogP contribution is 2.13. The molecule has 1 aromatic carbocycles. The third-order valence-electron chi connectivity index (χ3n) is 2.82. The zero-order chi connectivity index (χ0) is 13.1. The lowest BCUT2D eigenvalue weighted by Gasteiger charge is -2.03. The lowest BCUT2D eigenvalue weighted by Crippen LogP contribution is -2.13. The van der Waals surface area contributed by atoms with Crippen LogP contribution in [0.4, 0.5) is 0 Å². The highest BCUT2D eigenvalue weighted by molar-refractivity contribution is 5.75. The molecule has 3 rings (SSSR count). The van der Waals surface area contributed by atoms with Gasteiger partial charge in [-0.05, 0) is 18.7 Å². The molecule has 0 saturated heterocycles. The number of nitrogens with one attached hydrogen (secondary N) is 1. The van der Waals surface area contributed by atoms with E-state index in [0.717, 1.165) is 29.8 Å². The SMILES string of the molecule is CCNCc1cnc(-n2nnc3ccccc32)cn1. The van der Waals surface area contributed by atoms with Crippen LogP contribution < -0.4 is 5.32 Å². The molecule has 1 N–H and O–H groups in total. The van der Waals surface area contributed by atoms with E-state index in [-0.39, 0.29) is 0 Å². The quantitative estimate of drug-likeness (QED) is 0.760. The van der Waals surface area contributed by atoms with Crippen LogP contribution in [0.15, 0.2) is 36.7 Å². The summed E-state index contributed by atoms with van der Waals surface area (Å²) >= 11 is 0. The van der Waals surface area contributed by atoms with Crippen LogP contribution in [0.2, 0.25) is 0 Å². The smallest absolute Gasteiger partial charge is 0.174 e. The first-order valence-corrected chi connectivity index (χ1v) is 6.21. The van der Waals surface area contributed by atoms with Gasteiger partial charge in [-0.25, -0.2) is 4.98 Å². The lowest BCUT2D eigenvalue weighted by atomic mass is 10.3. The van der Waals surface area contributed by atoms with Gasteiger partial charge in [0.2, 0.25) is 0 Å². The van der Waals surface area contributed by atoms with E-state index in [1.54, 1.807) is 17.1 Å². The summed E-state index contributed by atoms with van der Waals surface area (Å²) in [5.41, 5.74) is 2.69. The van der Waals surface area contributed by atoms with Crippen molar-refractivity contribution in [1.82, 2.24) is 30.3 Å². The number of fused-ring (bicyclic) bond motifs is 1. The number of nitrogens with zero attached hydrogens (tertiary/aromatic N) is 5. The van der Waals surface area contributed by atoms with Gasteiger partial charge in [0, 0.05) is 6.54 Å². The van der Waals surface area contributed by atoms with Crippen LogP contribution in [0, 0.1) is 0 Å². The summed E-state index contributed by atoms with van der Waals surface area (Å²) in [5.74, 6) is 0.675. The Hall–Kier alpha value is -2.34. The molecule has 0 saturated carbocycles. The van der Waals surface area contributed by atoms with Crippen molar-refractivity contribution in [3.63, 3.8) is 0 Å². The number of benzene rings is 1. The van der Waals surface area contributed by atoms with E-state index in [1.807, 2.05) is 24.3 Å². The number of aromatic nitrogens is 5. The first-order valence-electron chi connectivity index (χ1n) is 6.21. The molecule has 6 nitrogen and oxygen atoms in total. The van der Waals surface area contributed by atoms with Crippen molar-refractivity contribution in [2.75, 3.05) is 6.54 Å². The second-order valence-corrected chi connectivity index (χ2v) is 4.14. The average molecular weight is 254 g/mol. The molecule has 0 aliphatic carbocycles. The minimum atomic E-state index is 0.675. The van der Waals surface area contributed by atoms with Crippen LogP contribution in [0.3, 0.4) is 0 Å². The number of rotatable bonds is 4. The summed E-state index contributed by atoms with van der Waals surface area (Å²) < 4.78 is 1.69. The Morgan fingerprint density at radius 1 is 1.16 bits per heavy atom. The van der Waals surface area contributed by atoms with Gasteiger partial charge in [0.25, 0.3) is 0 Å². The van der Waals surface area contributed by atoms with Crippen molar-refractivity contribution >= 4 is 11.0 Å². The van der Waals surface area contributed by atoms with E-state index in [0.29, 0.717) is 5.82 Å². The maximum atomic E-state index is 4.38. The molecule has 0 bridgehead atoms. The van der Waals surface area contributed by atoms with Gasteiger partial charge in [0.05, 0.1) is 23.6 Å². The largest absolute Gasteiger partial charge is 0.311 e. The molecule has 3 aromatic rings. The maximum Gasteiger partial charge on any atom is 0.174 e. The molecule has 0 spiro atoms. The zero-order valence-electron chi connectivity index (χ0n) is 10.6. The maximum absolute atomic E-state index is 4.38. The van der Waals surface area contributed by atoms with Crippen LogP contribution in [-0.4, -0.2) is 31.5 Å². The van der Waals surface area contributed by atoms with Crippen LogP contribution >= 0.6 is 0 Å². The summed E-state index contributed by atoms with van der Waals surface area (Å²) in [4.78, 5) is 8.75. The minimum absolute atomic E-state index is 0.675. The Kier molecular flexibility index (Phi) is 3.16. The van der Waals surface area contributed by atoms with E-state index >= 15 is 0 Å². The molecule has 0 fully saturated rings. The van der Waals surface area contributed by atoms with Gasteiger partial charge < -0.3 is 5.32 Å². The van der Waals surface area contributed by atoms with Crippen LogP contribution in [-0.2, 0) is 6.54 Å². The van der Waals surface area contributed by atoms with Crippen molar-refractivity contribution in [1.29, 1.82) is 0 Å². The standard InChI is InChI=1S/C13H14N6/c1-2-14-7-10-8-16-13(9-15-10)19-12-6-4-3-5-11(12)17-18-19/h3-6,8-9,14H,2,7H2,1H3. The van der Waals surface area contributed by atoms with Crippen LogP contribution in [0.5, 0.6) is 0 Å². The van der Waals surface area contributed by atoms with Gasteiger partial charge >= 0.3 is 0 Å². The molecule has 96 valence electrons. The number of para-hydroxylation sites is 1. The first kappa shape index (κ1) is 11.7. The summed E-state index contributed by atoms with van der Waals surface area (Å²) in [6.07, 6.45) is 3.47. The molecule has 2 heterocycles. The highest BCUT2D eigenvalue weighted by atomic mass is 15.4. The van der Waals surface area contributed by atoms with E-state index in [2.05, 4.69) is 32.5 Å².